The third-order valence-corrected chi connectivity index (χ3v) is 2.96. The molecule has 0 saturated heterocycles. The smallest absolute Gasteiger partial charge is 0.0991 e. The van der Waals surface area contributed by atoms with Crippen LogP contribution in [0.2, 0.25) is 0 Å². The summed E-state index contributed by atoms with van der Waals surface area (Å²) in [5.41, 5.74) is 4.47. The van der Waals surface area contributed by atoms with E-state index in [1.165, 1.54) is 11.1 Å². The normalized spacial score (nSPS) is 10.0. The molecule has 0 unspecified atom stereocenters. The van der Waals surface area contributed by atoms with Crippen molar-refractivity contribution in [3.63, 3.8) is 0 Å². The van der Waals surface area contributed by atoms with Crippen LogP contribution in [0.4, 0.5) is 0 Å². The molecule has 2 aromatic rings. The predicted octanol–water partition coefficient (Wildman–Crippen LogP) is 3.16. The number of nitrogens with one attached hydrogen (secondary N) is 1. The van der Waals surface area contributed by atoms with Crippen molar-refractivity contribution in [1.82, 2.24) is 5.32 Å². The first-order chi connectivity index (χ1) is 8.79. The third-order valence-electron chi connectivity index (χ3n) is 2.96. The molecule has 90 valence electrons. The lowest BCUT2D eigenvalue weighted by atomic mass is 10.1. The molecule has 0 aliphatic rings. The van der Waals surface area contributed by atoms with Crippen LogP contribution in [0.3, 0.4) is 0 Å². The number of nitrogens with zero attached hydrogens (tertiary/aromatic N) is 1. The van der Waals surface area contributed by atoms with Crippen molar-refractivity contribution in [3.8, 4) is 6.07 Å². The monoisotopic (exact) mass is 236 g/mol. The molecule has 0 bridgehead atoms. The van der Waals surface area contributed by atoms with Gasteiger partial charge in [0.15, 0.2) is 0 Å². The van der Waals surface area contributed by atoms with Crippen molar-refractivity contribution in [2.75, 3.05) is 0 Å². The fourth-order valence-electron chi connectivity index (χ4n) is 1.90. The Kier molecular flexibility index (Phi) is 4.11. The molecule has 0 radical (unpaired) electrons. The minimum Gasteiger partial charge on any atom is -0.309 e. The molecule has 0 atom stereocenters. The second-order valence-corrected chi connectivity index (χ2v) is 4.34. The minimum absolute atomic E-state index is 0.713. The average Bonchev–Trinajstić information content (AvgIpc) is 2.41. The fourth-order valence-corrected chi connectivity index (χ4v) is 1.90. The van der Waals surface area contributed by atoms with Crippen molar-refractivity contribution in [2.45, 2.75) is 20.0 Å². The Labute approximate surface area is 108 Å². The zero-order chi connectivity index (χ0) is 12.8. The Balaban J connectivity index is 1.93. The zero-order valence-electron chi connectivity index (χ0n) is 10.5. The van der Waals surface area contributed by atoms with E-state index in [0.717, 1.165) is 18.7 Å². The van der Waals surface area contributed by atoms with Crippen molar-refractivity contribution in [2.24, 2.45) is 0 Å². The van der Waals surface area contributed by atoms with Gasteiger partial charge in [-0.25, -0.2) is 0 Å². The van der Waals surface area contributed by atoms with E-state index in [0.29, 0.717) is 5.56 Å². The maximum absolute atomic E-state index is 8.83. The highest BCUT2D eigenvalue weighted by atomic mass is 14.8. The SMILES string of the molecule is Cc1ccccc1CNCc1cccc(C#N)c1. The molecular weight excluding hydrogens is 220 g/mol. The van der Waals surface area contributed by atoms with Crippen LogP contribution in [0.1, 0.15) is 22.3 Å². The molecule has 2 nitrogen and oxygen atoms in total. The van der Waals surface area contributed by atoms with Crippen LogP contribution in [0, 0.1) is 18.3 Å². The van der Waals surface area contributed by atoms with E-state index >= 15 is 0 Å². The molecule has 2 heteroatoms. The highest BCUT2D eigenvalue weighted by Crippen LogP contribution is 2.08. The second kappa shape index (κ2) is 6.00. The van der Waals surface area contributed by atoms with Crippen LogP contribution < -0.4 is 5.32 Å². The molecular formula is C16H16N2. The Morgan fingerprint density at radius 2 is 1.89 bits per heavy atom. The zero-order valence-corrected chi connectivity index (χ0v) is 10.5. The molecule has 0 heterocycles. The number of benzene rings is 2. The molecule has 0 fully saturated rings. The molecule has 2 rings (SSSR count). The Bertz CT molecular complexity index is 567. The maximum atomic E-state index is 8.83. The molecule has 0 amide bonds. The van der Waals surface area contributed by atoms with Gasteiger partial charge in [0, 0.05) is 13.1 Å². The Hall–Kier alpha value is -2.11. The summed E-state index contributed by atoms with van der Waals surface area (Å²) in [7, 11) is 0. The summed E-state index contributed by atoms with van der Waals surface area (Å²) in [4.78, 5) is 0. The number of aryl methyl sites for hydroxylation is 1. The van der Waals surface area contributed by atoms with E-state index in [1.807, 2.05) is 24.3 Å². The molecule has 1 N–H and O–H groups in total. The van der Waals surface area contributed by atoms with Gasteiger partial charge in [-0.2, -0.15) is 5.26 Å². The number of hydrogen-bond acceptors (Lipinski definition) is 2. The first kappa shape index (κ1) is 12.3. The molecule has 0 spiro atoms. The first-order valence-electron chi connectivity index (χ1n) is 6.04. The van der Waals surface area contributed by atoms with Gasteiger partial charge in [-0.05, 0) is 35.7 Å². The fraction of sp³-hybridized carbons (Fsp3) is 0.188. The van der Waals surface area contributed by atoms with Crippen LogP contribution in [0.5, 0.6) is 0 Å². The second-order valence-electron chi connectivity index (χ2n) is 4.34. The van der Waals surface area contributed by atoms with Gasteiger partial charge in [-0.1, -0.05) is 36.4 Å². The van der Waals surface area contributed by atoms with Crippen molar-refractivity contribution in [3.05, 3.63) is 70.8 Å². The number of nitriles is 1. The molecule has 2 aromatic carbocycles. The molecule has 0 aromatic heterocycles. The lowest BCUT2D eigenvalue weighted by molar-refractivity contribution is 0.690. The van der Waals surface area contributed by atoms with E-state index < -0.39 is 0 Å². The highest BCUT2D eigenvalue weighted by Gasteiger charge is 1.98. The van der Waals surface area contributed by atoms with Crippen molar-refractivity contribution >= 4 is 0 Å². The van der Waals surface area contributed by atoms with Crippen LogP contribution in [-0.4, -0.2) is 0 Å². The summed E-state index contributed by atoms with van der Waals surface area (Å²) >= 11 is 0. The van der Waals surface area contributed by atoms with Gasteiger partial charge in [-0.3, -0.25) is 0 Å². The molecule has 0 saturated carbocycles. The minimum atomic E-state index is 0.713. The van der Waals surface area contributed by atoms with Gasteiger partial charge in [0.1, 0.15) is 0 Å². The number of rotatable bonds is 4. The average molecular weight is 236 g/mol. The van der Waals surface area contributed by atoms with E-state index in [2.05, 4.69) is 42.6 Å². The van der Waals surface area contributed by atoms with Crippen molar-refractivity contribution < 1.29 is 0 Å². The topological polar surface area (TPSA) is 35.8 Å². The van der Waals surface area contributed by atoms with Gasteiger partial charge >= 0.3 is 0 Å². The first-order valence-corrected chi connectivity index (χ1v) is 6.04. The van der Waals surface area contributed by atoms with Gasteiger partial charge in [0.05, 0.1) is 11.6 Å². The van der Waals surface area contributed by atoms with Crippen LogP contribution >= 0.6 is 0 Å². The van der Waals surface area contributed by atoms with Crippen LogP contribution in [-0.2, 0) is 13.1 Å². The van der Waals surface area contributed by atoms with E-state index in [1.54, 1.807) is 0 Å². The Morgan fingerprint density at radius 3 is 2.67 bits per heavy atom. The summed E-state index contributed by atoms with van der Waals surface area (Å²) in [6.07, 6.45) is 0. The Morgan fingerprint density at radius 1 is 1.06 bits per heavy atom. The van der Waals surface area contributed by atoms with E-state index in [4.69, 9.17) is 5.26 Å². The van der Waals surface area contributed by atoms with Crippen LogP contribution in [0.25, 0.3) is 0 Å². The molecule has 0 aliphatic heterocycles. The van der Waals surface area contributed by atoms with E-state index in [-0.39, 0.29) is 0 Å². The lowest BCUT2D eigenvalue weighted by Gasteiger charge is -2.07. The van der Waals surface area contributed by atoms with Crippen LogP contribution in [0.15, 0.2) is 48.5 Å². The summed E-state index contributed by atoms with van der Waals surface area (Å²) in [5, 5.41) is 12.2. The van der Waals surface area contributed by atoms with Gasteiger partial charge in [0.2, 0.25) is 0 Å². The van der Waals surface area contributed by atoms with Gasteiger partial charge in [0.25, 0.3) is 0 Å². The van der Waals surface area contributed by atoms with Gasteiger partial charge < -0.3 is 5.32 Å². The summed E-state index contributed by atoms with van der Waals surface area (Å²) < 4.78 is 0. The number of hydrogen-bond donors (Lipinski definition) is 1. The van der Waals surface area contributed by atoms with E-state index in [9.17, 15) is 0 Å². The predicted molar refractivity (Wildman–Crippen MR) is 72.9 cm³/mol. The molecule has 18 heavy (non-hydrogen) atoms. The summed E-state index contributed by atoms with van der Waals surface area (Å²) in [6, 6.07) is 18.2. The third kappa shape index (κ3) is 3.19. The molecule has 0 aliphatic carbocycles. The summed E-state index contributed by atoms with van der Waals surface area (Å²) in [6.45, 7) is 3.75. The van der Waals surface area contributed by atoms with Crippen molar-refractivity contribution in [1.29, 1.82) is 5.26 Å². The quantitative estimate of drug-likeness (QED) is 0.885. The standard InChI is InChI=1S/C16H16N2/c1-13-5-2-3-8-16(13)12-18-11-15-7-4-6-14(9-15)10-17/h2-9,18H,11-12H2,1H3. The maximum Gasteiger partial charge on any atom is 0.0991 e. The highest BCUT2D eigenvalue weighted by molar-refractivity contribution is 5.32. The lowest BCUT2D eigenvalue weighted by Crippen LogP contribution is -2.13. The largest absolute Gasteiger partial charge is 0.309 e. The van der Waals surface area contributed by atoms with Gasteiger partial charge in [-0.15, -0.1) is 0 Å². The summed E-state index contributed by atoms with van der Waals surface area (Å²) in [5.74, 6) is 0.